The van der Waals surface area contributed by atoms with Crippen molar-refractivity contribution in [3.8, 4) is 0 Å². The van der Waals surface area contributed by atoms with E-state index >= 15 is 0 Å². The largest absolute Gasteiger partial charge is 0.378 e. The van der Waals surface area contributed by atoms with Crippen LogP contribution in [0.1, 0.15) is 23.2 Å². The average Bonchev–Trinajstić information content (AvgIpc) is 2.67. The lowest BCUT2D eigenvalue weighted by molar-refractivity contribution is -0.384. The van der Waals surface area contributed by atoms with Gasteiger partial charge in [0.2, 0.25) is 5.91 Å². The molecule has 0 saturated carbocycles. The molecule has 0 bridgehead atoms. The third kappa shape index (κ3) is 3.96. The minimum absolute atomic E-state index is 0.0458. The highest BCUT2D eigenvalue weighted by Crippen LogP contribution is 2.22. The molecule has 2 heterocycles. The molecule has 1 atom stereocenters. The molecule has 25 heavy (non-hydrogen) atoms. The van der Waals surface area contributed by atoms with E-state index < -0.39 is 4.92 Å². The van der Waals surface area contributed by atoms with Gasteiger partial charge in [-0.05, 0) is 25.0 Å². The van der Waals surface area contributed by atoms with E-state index in [-0.39, 0.29) is 23.4 Å². The summed E-state index contributed by atoms with van der Waals surface area (Å²) < 4.78 is 5.27. The maximum atomic E-state index is 12.6. The molecule has 1 aromatic rings. The summed E-state index contributed by atoms with van der Waals surface area (Å²) in [6.45, 7) is 3.32. The maximum absolute atomic E-state index is 12.6. The number of non-ortho nitro benzene ring substituents is 1. The number of rotatable bonds is 3. The van der Waals surface area contributed by atoms with Crippen molar-refractivity contribution in [2.24, 2.45) is 5.92 Å². The summed E-state index contributed by atoms with van der Waals surface area (Å²) in [5, 5.41) is 10.7. The summed E-state index contributed by atoms with van der Waals surface area (Å²) in [4.78, 5) is 39.0. The Bertz CT molecular complexity index is 655. The Morgan fingerprint density at radius 1 is 1.08 bits per heavy atom. The topological polar surface area (TPSA) is 93.0 Å². The third-order valence-corrected chi connectivity index (χ3v) is 4.71. The number of morpholine rings is 1. The minimum Gasteiger partial charge on any atom is -0.378 e. The van der Waals surface area contributed by atoms with Crippen molar-refractivity contribution in [2.75, 3.05) is 39.4 Å². The molecule has 8 heteroatoms. The summed E-state index contributed by atoms with van der Waals surface area (Å²) >= 11 is 0. The van der Waals surface area contributed by atoms with E-state index in [0.29, 0.717) is 45.0 Å². The first-order valence-electron chi connectivity index (χ1n) is 8.46. The zero-order valence-corrected chi connectivity index (χ0v) is 13.9. The van der Waals surface area contributed by atoms with Gasteiger partial charge in [0.05, 0.1) is 24.1 Å². The summed E-state index contributed by atoms with van der Waals surface area (Å²) in [6, 6.07) is 5.59. The molecule has 0 spiro atoms. The first kappa shape index (κ1) is 17.3. The molecule has 1 aromatic carbocycles. The van der Waals surface area contributed by atoms with Gasteiger partial charge >= 0.3 is 0 Å². The monoisotopic (exact) mass is 347 g/mol. The van der Waals surface area contributed by atoms with E-state index in [1.54, 1.807) is 4.90 Å². The number of carbonyl (C=O) groups excluding carboxylic acids is 2. The van der Waals surface area contributed by atoms with Gasteiger partial charge in [-0.1, -0.05) is 0 Å². The number of benzene rings is 1. The van der Waals surface area contributed by atoms with Gasteiger partial charge in [0, 0.05) is 43.9 Å². The molecule has 1 unspecified atom stereocenters. The summed E-state index contributed by atoms with van der Waals surface area (Å²) in [5.41, 5.74) is 0.362. The van der Waals surface area contributed by atoms with Crippen LogP contribution in [0.4, 0.5) is 5.69 Å². The van der Waals surface area contributed by atoms with E-state index in [1.165, 1.54) is 24.3 Å². The van der Waals surface area contributed by atoms with Gasteiger partial charge in [-0.2, -0.15) is 0 Å². The van der Waals surface area contributed by atoms with Crippen molar-refractivity contribution in [3.63, 3.8) is 0 Å². The van der Waals surface area contributed by atoms with Crippen LogP contribution < -0.4 is 0 Å². The highest BCUT2D eigenvalue weighted by Gasteiger charge is 2.32. The van der Waals surface area contributed by atoms with E-state index in [0.717, 1.165) is 12.8 Å². The lowest BCUT2D eigenvalue weighted by Gasteiger charge is -2.36. The van der Waals surface area contributed by atoms with E-state index in [9.17, 15) is 19.7 Å². The fraction of sp³-hybridized carbons (Fsp3) is 0.529. The molecule has 0 N–H and O–H groups in total. The molecular formula is C17H21N3O5. The van der Waals surface area contributed by atoms with Crippen molar-refractivity contribution < 1.29 is 19.2 Å². The molecule has 0 radical (unpaired) electrons. The first-order chi connectivity index (χ1) is 12.1. The second-order valence-corrected chi connectivity index (χ2v) is 6.33. The molecule has 8 nitrogen and oxygen atoms in total. The number of nitrogens with zero attached hydrogens (tertiary/aromatic N) is 3. The number of piperidine rings is 1. The van der Waals surface area contributed by atoms with Crippen molar-refractivity contribution in [2.45, 2.75) is 12.8 Å². The van der Waals surface area contributed by atoms with Gasteiger partial charge in [0.1, 0.15) is 0 Å². The van der Waals surface area contributed by atoms with E-state index in [2.05, 4.69) is 0 Å². The number of hydrogen-bond donors (Lipinski definition) is 0. The summed E-state index contributed by atoms with van der Waals surface area (Å²) in [7, 11) is 0. The Kier molecular flexibility index (Phi) is 5.28. The predicted molar refractivity (Wildman–Crippen MR) is 89.1 cm³/mol. The standard InChI is InChI=1S/C17H21N3O5/c21-16(13-3-5-15(6-4-13)20(23)24)19-7-1-2-14(12-19)17(22)18-8-10-25-11-9-18/h3-6,14H,1-2,7-12H2. The van der Waals surface area contributed by atoms with Crippen LogP contribution in [0.25, 0.3) is 0 Å². The molecule has 2 fully saturated rings. The van der Waals surface area contributed by atoms with Crippen LogP contribution in [0, 0.1) is 16.0 Å². The lowest BCUT2D eigenvalue weighted by Crippen LogP contribution is -2.49. The highest BCUT2D eigenvalue weighted by atomic mass is 16.6. The molecule has 2 amide bonds. The molecule has 0 aromatic heterocycles. The van der Waals surface area contributed by atoms with Crippen molar-refractivity contribution >= 4 is 17.5 Å². The van der Waals surface area contributed by atoms with Gasteiger partial charge in [0.25, 0.3) is 11.6 Å². The van der Waals surface area contributed by atoms with Gasteiger partial charge in [-0.15, -0.1) is 0 Å². The predicted octanol–water partition coefficient (Wildman–Crippen LogP) is 1.31. The van der Waals surface area contributed by atoms with E-state index in [1.807, 2.05) is 4.90 Å². The first-order valence-corrected chi connectivity index (χ1v) is 8.46. The molecule has 3 rings (SSSR count). The smallest absolute Gasteiger partial charge is 0.269 e. The fourth-order valence-corrected chi connectivity index (χ4v) is 3.31. The van der Waals surface area contributed by atoms with Crippen LogP contribution in [0.3, 0.4) is 0 Å². The second kappa shape index (κ2) is 7.60. The lowest BCUT2D eigenvalue weighted by atomic mass is 9.95. The van der Waals surface area contributed by atoms with Crippen LogP contribution >= 0.6 is 0 Å². The van der Waals surface area contributed by atoms with Gasteiger partial charge in [-0.25, -0.2) is 0 Å². The highest BCUT2D eigenvalue weighted by molar-refractivity contribution is 5.95. The zero-order chi connectivity index (χ0) is 17.8. The van der Waals surface area contributed by atoms with Crippen LogP contribution in [-0.4, -0.2) is 65.9 Å². The van der Waals surface area contributed by atoms with Crippen LogP contribution in [0.15, 0.2) is 24.3 Å². The Hall–Kier alpha value is -2.48. The Morgan fingerprint density at radius 3 is 2.40 bits per heavy atom. The molecular weight excluding hydrogens is 326 g/mol. The minimum atomic E-state index is -0.494. The number of likely N-dealkylation sites (tertiary alicyclic amines) is 1. The second-order valence-electron chi connectivity index (χ2n) is 6.33. The maximum Gasteiger partial charge on any atom is 0.269 e. The average molecular weight is 347 g/mol. The summed E-state index contributed by atoms with van der Waals surface area (Å²) in [5.74, 6) is -0.285. The Labute approximate surface area is 145 Å². The number of nitro benzene ring substituents is 1. The number of nitro groups is 1. The zero-order valence-electron chi connectivity index (χ0n) is 13.9. The number of ether oxygens (including phenoxy) is 1. The van der Waals surface area contributed by atoms with Crippen LogP contribution in [-0.2, 0) is 9.53 Å². The van der Waals surface area contributed by atoms with Crippen LogP contribution in [0.5, 0.6) is 0 Å². The Balaban J connectivity index is 1.64. The van der Waals surface area contributed by atoms with Crippen molar-refractivity contribution in [3.05, 3.63) is 39.9 Å². The number of amides is 2. The van der Waals surface area contributed by atoms with Crippen molar-refractivity contribution in [1.29, 1.82) is 0 Å². The molecule has 0 aliphatic carbocycles. The number of hydrogen-bond acceptors (Lipinski definition) is 5. The fourth-order valence-electron chi connectivity index (χ4n) is 3.31. The SMILES string of the molecule is O=C(c1ccc([N+](=O)[O-])cc1)N1CCCC(C(=O)N2CCOCC2)C1. The molecule has 2 saturated heterocycles. The molecule has 2 aliphatic heterocycles. The van der Waals surface area contributed by atoms with Crippen LogP contribution in [0.2, 0.25) is 0 Å². The van der Waals surface area contributed by atoms with Gasteiger partial charge in [0.15, 0.2) is 0 Å². The molecule has 2 aliphatic rings. The van der Waals surface area contributed by atoms with E-state index in [4.69, 9.17) is 4.74 Å². The quantitative estimate of drug-likeness (QED) is 0.607. The Morgan fingerprint density at radius 2 is 1.76 bits per heavy atom. The number of carbonyl (C=O) groups is 2. The van der Waals surface area contributed by atoms with Gasteiger partial charge < -0.3 is 14.5 Å². The van der Waals surface area contributed by atoms with Crippen molar-refractivity contribution in [1.82, 2.24) is 9.80 Å². The normalized spacial score (nSPS) is 21.0. The third-order valence-electron chi connectivity index (χ3n) is 4.71. The van der Waals surface area contributed by atoms with Gasteiger partial charge in [-0.3, -0.25) is 19.7 Å². The molecule has 134 valence electrons. The summed E-state index contributed by atoms with van der Waals surface area (Å²) in [6.07, 6.45) is 1.56.